The minimum Gasteiger partial charge on any atom is -0.480 e. The molecule has 276 valence electrons. The molecule has 1 aliphatic heterocycles. The molecule has 0 aliphatic carbocycles. The summed E-state index contributed by atoms with van der Waals surface area (Å²) in [5, 5.41) is 20.7. The first-order chi connectivity index (χ1) is 24.8. The van der Waals surface area contributed by atoms with Crippen LogP contribution in [0.2, 0.25) is 0 Å². The molecule has 0 saturated carbocycles. The smallest absolute Gasteiger partial charge is 0.326 e. The van der Waals surface area contributed by atoms with E-state index in [2.05, 4.69) is 21.3 Å². The van der Waals surface area contributed by atoms with Crippen LogP contribution in [0.3, 0.4) is 0 Å². The van der Waals surface area contributed by atoms with Crippen LogP contribution in [0.4, 0.5) is 16.2 Å². The summed E-state index contributed by atoms with van der Waals surface area (Å²) in [5.41, 5.74) is 3.72. The summed E-state index contributed by atoms with van der Waals surface area (Å²) in [5.74, 6) is -2.65. The van der Waals surface area contributed by atoms with E-state index in [4.69, 9.17) is 0 Å². The van der Waals surface area contributed by atoms with Gasteiger partial charge in [-0.25, -0.2) is 9.59 Å². The Morgan fingerprint density at radius 3 is 2.23 bits per heavy atom. The lowest BCUT2D eigenvalue weighted by molar-refractivity contribution is -0.143. The number of likely N-dealkylation sites (N-methyl/N-ethyl adjacent to an activating group) is 1. The molecular weight excluding hydrogens is 664 g/mol. The van der Waals surface area contributed by atoms with Gasteiger partial charge in [-0.2, -0.15) is 0 Å². The molecule has 4 rings (SSSR count). The van der Waals surface area contributed by atoms with Gasteiger partial charge in [0.15, 0.2) is 0 Å². The second-order valence-corrected chi connectivity index (χ2v) is 13.5. The predicted octanol–water partition coefficient (Wildman–Crippen LogP) is 4.32. The number of nitrogens with zero attached hydrogens (tertiary/aromatic N) is 2. The normalized spacial score (nSPS) is 15.1. The van der Waals surface area contributed by atoms with Crippen LogP contribution in [0.25, 0.3) is 0 Å². The first-order valence-electron chi connectivity index (χ1n) is 17.4. The van der Waals surface area contributed by atoms with Gasteiger partial charge in [0.1, 0.15) is 18.1 Å². The molecule has 1 aliphatic rings. The summed E-state index contributed by atoms with van der Waals surface area (Å²) in [7, 11) is 1.56. The third-order valence-corrected chi connectivity index (χ3v) is 8.99. The molecule has 13 nitrogen and oxygen atoms in total. The van der Waals surface area contributed by atoms with Gasteiger partial charge in [-0.1, -0.05) is 74.5 Å². The van der Waals surface area contributed by atoms with Crippen molar-refractivity contribution in [1.29, 1.82) is 0 Å². The summed E-state index contributed by atoms with van der Waals surface area (Å²) < 4.78 is 0. The van der Waals surface area contributed by atoms with Crippen molar-refractivity contribution in [3.05, 3.63) is 95.6 Å². The summed E-state index contributed by atoms with van der Waals surface area (Å²) in [4.78, 5) is 79.8. The van der Waals surface area contributed by atoms with Gasteiger partial charge in [-0.05, 0) is 67.0 Å². The summed E-state index contributed by atoms with van der Waals surface area (Å²) in [6, 6.07) is 20.2. The lowest BCUT2D eigenvalue weighted by Gasteiger charge is -2.29. The van der Waals surface area contributed by atoms with Crippen LogP contribution in [0.1, 0.15) is 56.2 Å². The van der Waals surface area contributed by atoms with E-state index in [1.165, 1.54) is 9.80 Å². The van der Waals surface area contributed by atoms with Crippen molar-refractivity contribution >= 4 is 47.0 Å². The zero-order valence-electron chi connectivity index (χ0n) is 30.1. The molecule has 1 heterocycles. The Balaban J connectivity index is 1.29. The van der Waals surface area contributed by atoms with E-state index in [9.17, 15) is 33.9 Å². The monoisotopic (exact) mass is 712 g/mol. The van der Waals surface area contributed by atoms with E-state index in [0.29, 0.717) is 23.4 Å². The van der Waals surface area contributed by atoms with Gasteiger partial charge in [-0.3, -0.25) is 19.2 Å². The highest BCUT2D eigenvalue weighted by Crippen LogP contribution is 2.22. The molecule has 1 fully saturated rings. The zero-order valence-corrected chi connectivity index (χ0v) is 30.1. The van der Waals surface area contributed by atoms with Crippen molar-refractivity contribution < 1.29 is 33.9 Å². The number of carboxylic acids is 1. The van der Waals surface area contributed by atoms with Gasteiger partial charge in [0.05, 0.1) is 6.42 Å². The van der Waals surface area contributed by atoms with Crippen LogP contribution < -0.4 is 21.3 Å². The molecule has 52 heavy (non-hydrogen) atoms. The van der Waals surface area contributed by atoms with Crippen molar-refractivity contribution in [2.45, 2.75) is 77.5 Å². The number of likely N-dealkylation sites (tertiary alicyclic amines) is 1. The molecule has 1 saturated heterocycles. The number of anilines is 2. The summed E-state index contributed by atoms with van der Waals surface area (Å²) >= 11 is 0. The van der Waals surface area contributed by atoms with Gasteiger partial charge < -0.3 is 36.2 Å². The summed E-state index contributed by atoms with van der Waals surface area (Å²) in [6.07, 6.45) is 0.773. The van der Waals surface area contributed by atoms with Crippen LogP contribution in [-0.4, -0.2) is 82.3 Å². The quantitative estimate of drug-likeness (QED) is 0.147. The number of nitrogens with one attached hydrogen (secondary N) is 4. The molecule has 6 amide bonds. The van der Waals surface area contributed by atoms with Crippen molar-refractivity contribution in [3.63, 3.8) is 0 Å². The van der Waals surface area contributed by atoms with Crippen molar-refractivity contribution in [1.82, 2.24) is 20.4 Å². The van der Waals surface area contributed by atoms with Crippen molar-refractivity contribution in [2.75, 3.05) is 24.2 Å². The molecule has 5 N–H and O–H groups in total. The maximum atomic E-state index is 13.4. The second kappa shape index (κ2) is 18.5. The number of urea groups is 1. The minimum atomic E-state index is -1.30. The Morgan fingerprint density at radius 1 is 0.904 bits per heavy atom. The number of rotatable bonds is 16. The zero-order chi connectivity index (χ0) is 37.8. The largest absolute Gasteiger partial charge is 0.480 e. The molecule has 0 bridgehead atoms. The number of amides is 6. The molecule has 0 spiro atoms. The number of aryl methyl sites for hydroxylation is 1. The molecule has 3 atom stereocenters. The number of benzene rings is 3. The number of carbonyl (C=O) groups is 6. The number of aliphatic carboxylic acids is 1. The fourth-order valence-corrected chi connectivity index (χ4v) is 6.03. The van der Waals surface area contributed by atoms with Gasteiger partial charge in [0.25, 0.3) is 0 Å². The topological polar surface area (TPSA) is 177 Å². The molecule has 0 radical (unpaired) electrons. The van der Waals surface area contributed by atoms with Crippen LogP contribution >= 0.6 is 0 Å². The van der Waals surface area contributed by atoms with E-state index < -0.39 is 41.9 Å². The van der Waals surface area contributed by atoms with Crippen LogP contribution in [0, 0.1) is 12.8 Å². The predicted molar refractivity (Wildman–Crippen MR) is 197 cm³/mol. The second-order valence-electron chi connectivity index (χ2n) is 13.5. The third-order valence-electron chi connectivity index (χ3n) is 8.99. The Hall–Kier alpha value is -5.72. The lowest BCUT2D eigenvalue weighted by Crippen LogP contribution is -2.52. The van der Waals surface area contributed by atoms with E-state index in [0.717, 1.165) is 11.1 Å². The number of carboxylic acid groups (broad SMARTS) is 1. The summed E-state index contributed by atoms with van der Waals surface area (Å²) in [6.45, 7) is 5.95. The molecule has 3 aromatic carbocycles. The molecule has 3 aromatic rings. The standard InChI is InChI=1S/C39H48N6O7/c1-25(2)22-33(44(4)35(47)23-27-14-16-29(17-15-27)41-39(52)43-30-13-9-8-10-26(30)3)36(48)40-21-20-31(38(50)51)42-37(49)32-18-19-34(46)45(32)24-28-11-6-5-7-12-28/h5-17,25,31-33H,18-24H2,1-4H3,(H,40,48)(H,42,49)(H,50,51)(H2,41,43,52)/t31-,32-,33-/m0/s1. The third kappa shape index (κ3) is 11.1. The number of para-hydroxylation sites is 1. The first-order valence-corrected chi connectivity index (χ1v) is 17.4. The van der Waals surface area contributed by atoms with E-state index in [1.807, 2.05) is 75.4 Å². The highest BCUT2D eigenvalue weighted by atomic mass is 16.4. The van der Waals surface area contributed by atoms with Crippen molar-refractivity contribution in [2.24, 2.45) is 5.92 Å². The average molecular weight is 713 g/mol. The van der Waals surface area contributed by atoms with Gasteiger partial charge in [0.2, 0.25) is 23.6 Å². The van der Waals surface area contributed by atoms with Gasteiger partial charge in [-0.15, -0.1) is 0 Å². The average Bonchev–Trinajstić information content (AvgIpc) is 3.47. The van der Waals surface area contributed by atoms with Gasteiger partial charge >= 0.3 is 12.0 Å². The Bertz CT molecular complexity index is 1730. The van der Waals surface area contributed by atoms with E-state index in [1.54, 1.807) is 31.3 Å². The minimum absolute atomic E-state index is 0.0200. The Kier molecular flexibility index (Phi) is 13.9. The molecule has 0 aromatic heterocycles. The van der Waals surface area contributed by atoms with Crippen molar-refractivity contribution in [3.8, 4) is 0 Å². The maximum absolute atomic E-state index is 13.4. The number of carbonyl (C=O) groups excluding carboxylic acids is 5. The van der Waals surface area contributed by atoms with Crippen LogP contribution in [-0.2, 0) is 36.9 Å². The Morgan fingerprint density at radius 2 is 1.58 bits per heavy atom. The van der Waals surface area contributed by atoms with Crippen LogP contribution in [0.15, 0.2) is 78.9 Å². The first kappa shape index (κ1) is 39.1. The number of hydrogen-bond donors (Lipinski definition) is 5. The SMILES string of the molecule is Cc1ccccc1NC(=O)Nc1ccc(CC(=O)N(C)[C@@H](CC(C)C)C(=O)NCC[C@H](NC(=O)[C@@H]2CCC(=O)N2Cc2ccccc2)C(=O)O)cc1. The fraction of sp³-hybridized carbons (Fsp3) is 0.385. The fourth-order valence-electron chi connectivity index (χ4n) is 6.03. The molecule has 13 heteroatoms. The van der Waals surface area contributed by atoms with E-state index in [-0.39, 0.29) is 56.5 Å². The Labute approximate surface area is 304 Å². The lowest BCUT2D eigenvalue weighted by atomic mass is 10.0. The highest BCUT2D eigenvalue weighted by Gasteiger charge is 2.37. The molecule has 0 unspecified atom stereocenters. The maximum Gasteiger partial charge on any atom is 0.326 e. The number of hydrogen-bond acceptors (Lipinski definition) is 6. The highest BCUT2D eigenvalue weighted by molar-refractivity contribution is 6.00. The van der Waals surface area contributed by atoms with E-state index >= 15 is 0 Å². The van der Waals surface area contributed by atoms with Gasteiger partial charge in [0, 0.05) is 37.9 Å². The van der Waals surface area contributed by atoms with Crippen LogP contribution in [0.5, 0.6) is 0 Å². The molecular formula is C39H48N6O7.